The summed E-state index contributed by atoms with van der Waals surface area (Å²) < 4.78 is 1.18. The maximum atomic E-state index is 6.09. The zero-order valence-corrected chi connectivity index (χ0v) is 14.4. The standard InChI is InChI=1S/C16H26BrN3/c1-4-13-11-20(8-7-19(13)3)16(10-18)14-6-5-12(2)9-15(14)17/h5-6,9,13,16H,4,7-8,10-11,18H2,1-3H3. The van der Waals surface area contributed by atoms with Crippen LogP contribution in [0.5, 0.6) is 0 Å². The fourth-order valence-electron chi connectivity index (χ4n) is 3.07. The second kappa shape index (κ2) is 7.03. The molecule has 1 aromatic carbocycles. The molecule has 112 valence electrons. The van der Waals surface area contributed by atoms with E-state index in [2.05, 4.69) is 64.8 Å². The van der Waals surface area contributed by atoms with Crippen LogP contribution in [0.15, 0.2) is 22.7 Å². The fraction of sp³-hybridized carbons (Fsp3) is 0.625. The Hall–Kier alpha value is -0.420. The average Bonchev–Trinajstić information content (AvgIpc) is 2.43. The van der Waals surface area contributed by atoms with Crippen LogP contribution in [0.1, 0.15) is 30.5 Å². The lowest BCUT2D eigenvalue weighted by molar-refractivity contribution is 0.0642. The summed E-state index contributed by atoms with van der Waals surface area (Å²) in [7, 11) is 2.23. The van der Waals surface area contributed by atoms with Crippen molar-refractivity contribution in [1.82, 2.24) is 9.80 Å². The summed E-state index contributed by atoms with van der Waals surface area (Å²) in [6.07, 6.45) is 1.19. The van der Waals surface area contributed by atoms with E-state index in [1.807, 2.05) is 0 Å². The lowest BCUT2D eigenvalue weighted by Gasteiger charge is -2.43. The zero-order chi connectivity index (χ0) is 14.7. The van der Waals surface area contributed by atoms with Crippen molar-refractivity contribution in [2.24, 2.45) is 5.73 Å². The van der Waals surface area contributed by atoms with Crippen LogP contribution in [-0.4, -0.2) is 49.1 Å². The minimum atomic E-state index is 0.313. The van der Waals surface area contributed by atoms with Gasteiger partial charge in [-0.3, -0.25) is 4.90 Å². The first kappa shape index (κ1) is 16.0. The molecule has 0 aromatic heterocycles. The molecule has 1 fully saturated rings. The summed E-state index contributed by atoms with van der Waals surface area (Å²) in [5.41, 5.74) is 8.68. The van der Waals surface area contributed by atoms with E-state index < -0.39 is 0 Å². The van der Waals surface area contributed by atoms with E-state index in [-0.39, 0.29) is 0 Å². The highest BCUT2D eigenvalue weighted by atomic mass is 79.9. The van der Waals surface area contributed by atoms with Gasteiger partial charge in [-0.25, -0.2) is 0 Å². The third-order valence-electron chi connectivity index (χ3n) is 4.46. The first-order chi connectivity index (χ1) is 9.56. The van der Waals surface area contributed by atoms with Gasteiger partial charge in [-0.2, -0.15) is 0 Å². The van der Waals surface area contributed by atoms with Crippen molar-refractivity contribution < 1.29 is 0 Å². The molecule has 2 rings (SSSR count). The predicted molar refractivity (Wildman–Crippen MR) is 89.0 cm³/mol. The second-order valence-corrected chi connectivity index (χ2v) is 6.67. The van der Waals surface area contributed by atoms with E-state index in [0.29, 0.717) is 18.6 Å². The number of likely N-dealkylation sites (N-methyl/N-ethyl adjacent to an activating group) is 1. The number of piperazine rings is 1. The maximum Gasteiger partial charge on any atom is 0.0482 e. The Morgan fingerprint density at radius 1 is 1.40 bits per heavy atom. The van der Waals surface area contributed by atoms with Crippen molar-refractivity contribution in [2.75, 3.05) is 33.2 Å². The Balaban J connectivity index is 2.19. The molecule has 0 amide bonds. The lowest BCUT2D eigenvalue weighted by atomic mass is 10.0. The van der Waals surface area contributed by atoms with Gasteiger partial charge in [0.15, 0.2) is 0 Å². The minimum Gasteiger partial charge on any atom is -0.329 e. The molecule has 1 aromatic rings. The van der Waals surface area contributed by atoms with E-state index in [1.165, 1.54) is 22.0 Å². The minimum absolute atomic E-state index is 0.313. The van der Waals surface area contributed by atoms with Crippen LogP contribution in [-0.2, 0) is 0 Å². The molecule has 20 heavy (non-hydrogen) atoms. The molecular weight excluding hydrogens is 314 g/mol. The highest BCUT2D eigenvalue weighted by Gasteiger charge is 2.28. The van der Waals surface area contributed by atoms with Crippen molar-refractivity contribution in [3.05, 3.63) is 33.8 Å². The number of aryl methyl sites for hydroxylation is 1. The van der Waals surface area contributed by atoms with Crippen LogP contribution < -0.4 is 5.73 Å². The highest BCUT2D eigenvalue weighted by molar-refractivity contribution is 9.10. The van der Waals surface area contributed by atoms with Crippen molar-refractivity contribution in [3.63, 3.8) is 0 Å². The normalized spacial score (nSPS) is 22.9. The first-order valence-electron chi connectivity index (χ1n) is 7.47. The van der Waals surface area contributed by atoms with Gasteiger partial charge >= 0.3 is 0 Å². The molecule has 1 aliphatic rings. The molecule has 1 saturated heterocycles. The largest absolute Gasteiger partial charge is 0.329 e. The number of nitrogens with zero attached hydrogens (tertiary/aromatic N) is 2. The summed E-state index contributed by atoms with van der Waals surface area (Å²) in [5.74, 6) is 0. The van der Waals surface area contributed by atoms with E-state index in [0.717, 1.165) is 19.6 Å². The van der Waals surface area contributed by atoms with Crippen molar-refractivity contribution in [1.29, 1.82) is 0 Å². The summed E-state index contributed by atoms with van der Waals surface area (Å²) in [5, 5.41) is 0. The molecule has 0 saturated carbocycles. The lowest BCUT2D eigenvalue weighted by Crippen LogP contribution is -2.53. The molecule has 0 aliphatic carbocycles. The van der Waals surface area contributed by atoms with Crippen LogP contribution in [0.2, 0.25) is 0 Å². The van der Waals surface area contributed by atoms with Gasteiger partial charge in [-0.15, -0.1) is 0 Å². The van der Waals surface area contributed by atoms with E-state index in [1.54, 1.807) is 0 Å². The summed E-state index contributed by atoms with van der Waals surface area (Å²) in [4.78, 5) is 5.01. The Morgan fingerprint density at radius 2 is 2.15 bits per heavy atom. The Labute approximate surface area is 131 Å². The fourth-order valence-corrected chi connectivity index (χ4v) is 3.83. The molecule has 0 spiro atoms. The molecule has 0 radical (unpaired) electrons. The third kappa shape index (κ3) is 3.42. The van der Waals surface area contributed by atoms with E-state index in [4.69, 9.17) is 5.73 Å². The number of benzene rings is 1. The summed E-state index contributed by atoms with van der Waals surface area (Å²) in [6.45, 7) is 8.38. The number of nitrogens with two attached hydrogens (primary N) is 1. The molecule has 0 bridgehead atoms. The third-order valence-corrected chi connectivity index (χ3v) is 5.15. The van der Waals surface area contributed by atoms with Gasteiger partial charge in [-0.1, -0.05) is 35.0 Å². The summed E-state index contributed by atoms with van der Waals surface area (Å²) >= 11 is 3.71. The molecule has 3 nitrogen and oxygen atoms in total. The SMILES string of the molecule is CCC1CN(C(CN)c2ccc(C)cc2Br)CCN1C. The quantitative estimate of drug-likeness (QED) is 0.915. The van der Waals surface area contributed by atoms with Gasteiger partial charge in [0.25, 0.3) is 0 Å². The van der Waals surface area contributed by atoms with E-state index >= 15 is 0 Å². The maximum absolute atomic E-state index is 6.09. The molecule has 2 unspecified atom stereocenters. The molecule has 2 N–H and O–H groups in total. The van der Waals surface area contributed by atoms with Gasteiger partial charge in [0.1, 0.15) is 0 Å². The second-order valence-electron chi connectivity index (χ2n) is 5.81. The van der Waals surface area contributed by atoms with Crippen LogP contribution in [0, 0.1) is 6.92 Å². The average molecular weight is 340 g/mol. The molecule has 1 heterocycles. The van der Waals surface area contributed by atoms with Gasteiger partial charge < -0.3 is 10.6 Å². The van der Waals surface area contributed by atoms with E-state index in [9.17, 15) is 0 Å². The monoisotopic (exact) mass is 339 g/mol. The number of halogens is 1. The highest BCUT2D eigenvalue weighted by Crippen LogP contribution is 2.30. The van der Waals surface area contributed by atoms with Crippen LogP contribution in [0.3, 0.4) is 0 Å². The predicted octanol–water partition coefficient (Wildman–Crippen LogP) is 2.78. The molecule has 1 aliphatic heterocycles. The number of hydrogen-bond donors (Lipinski definition) is 1. The Bertz CT molecular complexity index is 449. The van der Waals surface area contributed by atoms with Crippen molar-refractivity contribution in [2.45, 2.75) is 32.4 Å². The van der Waals surface area contributed by atoms with Crippen molar-refractivity contribution >= 4 is 15.9 Å². The summed E-state index contributed by atoms with van der Waals surface area (Å²) in [6, 6.07) is 7.53. The van der Waals surface area contributed by atoms with Crippen LogP contribution in [0.25, 0.3) is 0 Å². The first-order valence-corrected chi connectivity index (χ1v) is 8.26. The van der Waals surface area contributed by atoms with Crippen LogP contribution >= 0.6 is 15.9 Å². The zero-order valence-electron chi connectivity index (χ0n) is 12.8. The molecular formula is C16H26BrN3. The Kier molecular flexibility index (Phi) is 5.61. The van der Waals surface area contributed by atoms with Gasteiger partial charge in [0, 0.05) is 42.7 Å². The Morgan fingerprint density at radius 3 is 2.75 bits per heavy atom. The molecule has 4 heteroatoms. The van der Waals surface area contributed by atoms with Gasteiger partial charge in [-0.05, 0) is 37.6 Å². The number of hydrogen-bond acceptors (Lipinski definition) is 3. The van der Waals surface area contributed by atoms with Crippen LogP contribution in [0.4, 0.5) is 0 Å². The molecule has 2 atom stereocenters. The van der Waals surface area contributed by atoms with Gasteiger partial charge in [0.05, 0.1) is 0 Å². The van der Waals surface area contributed by atoms with Crippen molar-refractivity contribution in [3.8, 4) is 0 Å². The van der Waals surface area contributed by atoms with Gasteiger partial charge in [0.2, 0.25) is 0 Å². The smallest absolute Gasteiger partial charge is 0.0482 e. The number of rotatable bonds is 4. The topological polar surface area (TPSA) is 32.5 Å².